The third-order valence-corrected chi connectivity index (χ3v) is 5.38. The van der Waals surface area contributed by atoms with E-state index in [1.807, 2.05) is 30.3 Å². The normalized spacial score (nSPS) is 11.2. The van der Waals surface area contributed by atoms with Crippen LogP contribution in [0.5, 0.6) is 0 Å². The lowest BCUT2D eigenvalue weighted by Gasteiger charge is -2.07. The Balaban J connectivity index is 2.34. The summed E-state index contributed by atoms with van der Waals surface area (Å²) in [5, 5.41) is 3.00. The Kier molecular flexibility index (Phi) is 6.88. The van der Waals surface area contributed by atoms with E-state index in [1.54, 1.807) is 19.9 Å². The Labute approximate surface area is 164 Å². The molecule has 5 nitrogen and oxygen atoms in total. The quantitative estimate of drug-likeness (QED) is 0.401. The summed E-state index contributed by atoms with van der Waals surface area (Å²) in [7, 11) is 0. The number of carbonyl (C=O) groups is 3. The van der Waals surface area contributed by atoms with Crippen molar-refractivity contribution in [1.29, 1.82) is 0 Å². The van der Waals surface area contributed by atoms with E-state index in [4.69, 9.17) is 4.74 Å². The summed E-state index contributed by atoms with van der Waals surface area (Å²) in [5.74, 6) is -1.15. The molecule has 0 radical (unpaired) electrons. The van der Waals surface area contributed by atoms with Gasteiger partial charge in [-0.05, 0) is 53.9 Å². The van der Waals surface area contributed by atoms with E-state index in [9.17, 15) is 14.4 Å². The van der Waals surface area contributed by atoms with Gasteiger partial charge in [0.1, 0.15) is 5.00 Å². The molecule has 0 atom stereocenters. The number of amides is 1. The van der Waals surface area contributed by atoms with Crippen molar-refractivity contribution in [2.24, 2.45) is 0 Å². The van der Waals surface area contributed by atoms with Crippen molar-refractivity contribution in [3.05, 3.63) is 56.4 Å². The fourth-order valence-corrected chi connectivity index (χ4v) is 3.76. The minimum absolute atomic E-state index is 0.169. The first-order valence-electron chi connectivity index (χ1n) is 7.90. The van der Waals surface area contributed by atoms with Crippen LogP contribution in [0.4, 0.5) is 5.00 Å². The molecule has 2 aromatic rings. The van der Waals surface area contributed by atoms with Crippen LogP contribution in [-0.2, 0) is 9.53 Å². The van der Waals surface area contributed by atoms with Crippen molar-refractivity contribution < 1.29 is 19.1 Å². The predicted octanol–water partition coefficient (Wildman–Crippen LogP) is 4.81. The van der Waals surface area contributed by atoms with Gasteiger partial charge in [-0.25, -0.2) is 4.79 Å². The Morgan fingerprint density at radius 1 is 1.23 bits per heavy atom. The first-order chi connectivity index (χ1) is 12.3. The fourth-order valence-electron chi connectivity index (χ4n) is 2.31. The number of ether oxygens (including phenoxy) is 1. The van der Waals surface area contributed by atoms with E-state index >= 15 is 0 Å². The molecule has 2 rings (SSSR count). The smallest absolute Gasteiger partial charge is 0.341 e. The molecule has 0 saturated heterocycles. The number of carbonyl (C=O) groups excluding carboxylic acids is 3. The molecular weight excluding hydrogens is 418 g/mol. The highest BCUT2D eigenvalue weighted by Crippen LogP contribution is 2.34. The van der Waals surface area contributed by atoms with E-state index in [1.165, 1.54) is 6.92 Å². The summed E-state index contributed by atoms with van der Waals surface area (Å²) in [4.78, 5) is 37.0. The standard InChI is InChI=1S/C19H18BrNO4S/c1-4-25-19(24)15-11(2)16(12(3)22)26-18(15)21-17(23)14(20)10-13-8-6-5-7-9-13/h5-10H,4H2,1-3H3,(H,21,23). The van der Waals surface area contributed by atoms with E-state index in [-0.39, 0.29) is 18.0 Å². The van der Waals surface area contributed by atoms with Crippen molar-refractivity contribution >= 4 is 56.0 Å². The maximum Gasteiger partial charge on any atom is 0.341 e. The van der Waals surface area contributed by atoms with Gasteiger partial charge in [0.2, 0.25) is 0 Å². The van der Waals surface area contributed by atoms with Gasteiger partial charge < -0.3 is 10.1 Å². The summed E-state index contributed by atoms with van der Waals surface area (Å²) in [6.45, 7) is 4.99. The van der Waals surface area contributed by atoms with Crippen LogP contribution in [0, 0.1) is 6.92 Å². The maximum atomic E-state index is 12.5. The summed E-state index contributed by atoms with van der Waals surface area (Å²) in [5.41, 5.74) is 1.58. The monoisotopic (exact) mass is 435 g/mol. The molecule has 0 spiro atoms. The summed E-state index contributed by atoms with van der Waals surface area (Å²) < 4.78 is 5.36. The molecule has 26 heavy (non-hydrogen) atoms. The minimum atomic E-state index is -0.563. The van der Waals surface area contributed by atoms with Crippen molar-refractivity contribution in [3.63, 3.8) is 0 Å². The number of anilines is 1. The molecule has 0 bridgehead atoms. The molecule has 0 aliphatic carbocycles. The number of halogens is 1. The molecule has 0 aliphatic rings. The molecule has 1 aromatic carbocycles. The number of nitrogens with one attached hydrogen (secondary N) is 1. The molecule has 7 heteroatoms. The molecule has 1 amide bonds. The Bertz CT molecular complexity index is 871. The van der Waals surface area contributed by atoms with E-state index in [2.05, 4.69) is 21.2 Å². The van der Waals surface area contributed by atoms with Gasteiger partial charge in [-0.2, -0.15) is 0 Å². The van der Waals surface area contributed by atoms with Gasteiger partial charge in [-0.1, -0.05) is 30.3 Å². The number of benzene rings is 1. The highest BCUT2D eigenvalue weighted by atomic mass is 79.9. The Morgan fingerprint density at radius 3 is 2.46 bits per heavy atom. The lowest BCUT2D eigenvalue weighted by molar-refractivity contribution is -0.112. The van der Waals surface area contributed by atoms with Gasteiger partial charge in [0.25, 0.3) is 5.91 Å². The van der Waals surface area contributed by atoms with Crippen LogP contribution < -0.4 is 5.32 Å². The maximum absolute atomic E-state index is 12.5. The summed E-state index contributed by atoms with van der Waals surface area (Å²) in [6, 6.07) is 9.34. The molecule has 0 unspecified atom stereocenters. The first kappa shape index (κ1) is 20.1. The van der Waals surface area contributed by atoms with Gasteiger partial charge in [0.05, 0.1) is 21.5 Å². The highest BCUT2D eigenvalue weighted by molar-refractivity contribution is 9.12. The lowest BCUT2D eigenvalue weighted by Crippen LogP contribution is -2.14. The number of ketones is 1. The van der Waals surface area contributed by atoms with E-state index in [0.717, 1.165) is 16.9 Å². The molecule has 1 N–H and O–H groups in total. The zero-order chi connectivity index (χ0) is 19.3. The van der Waals surface area contributed by atoms with Crippen molar-refractivity contribution in [2.45, 2.75) is 20.8 Å². The molecule has 1 heterocycles. The van der Waals surface area contributed by atoms with Crippen LogP contribution in [0.25, 0.3) is 6.08 Å². The van der Waals surface area contributed by atoms with Crippen LogP contribution in [0.15, 0.2) is 34.8 Å². The third-order valence-electron chi connectivity index (χ3n) is 3.48. The number of hydrogen-bond acceptors (Lipinski definition) is 5. The number of rotatable bonds is 6. The van der Waals surface area contributed by atoms with Crippen molar-refractivity contribution in [2.75, 3.05) is 11.9 Å². The second-order valence-electron chi connectivity index (χ2n) is 5.39. The van der Waals surface area contributed by atoms with Gasteiger partial charge in [-0.3, -0.25) is 9.59 Å². The Morgan fingerprint density at radius 2 is 1.88 bits per heavy atom. The molecular formula is C19H18BrNO4S. The zero-order valence-corrected chi connectivity index (χ0v) is 17.0. The van der Waals surface area contributed by atoms with Gasteiger partial charge in [-0.15, -0.1) is 11.3 Å². The molecule has 0 aliphatic heterocycles. The number of hydrogen-bond donors (Lipinski definition) is 1. The van der Waals surface area contributed by atoms with Crippen molar-refractivity contribution in [3.8, 4) is 0 Å². The lowest BCUT2D eigenvalue weighted by atomic mass is 10.1. The number of Topliss-reactive ketones (excluding diaryl/α,β-unsaturated/α-hetero) is 1. The van der Waals surface area contributed by atoms with Gasteiger partial charge in [0.15, 0.2) is 5.78 Å². The first-order valence-corrected chi connectivity index (χ1v) is 9.51. The predicted molar refractivity (Wildman–Crippen MR) is 107 cm³/mol. The highest BCUT2D eigenvalue weighted by Gasteiger charge is 2.25. The molecule has 0 saturated carbocycles. The second kappa shape index (κ2) is 8.91. The minimum Gasteiger partial charge on any atom is -0.462 e. The van der Waals surface area contributed by atoms with Crippen LogP contribution in [0.1, 0.15) is 45.0 Å². The largest absolute Gasteiger partial charge is 0.462 e. The molecule has 0 fully saturated rings. The molecule has 1 aromatic heterocycles. The van der Waals surface area contributed by atoms with Crippen LogP contribution in [0.2, 0.25) is 0 Å². The van der Waals surface area contributed by atoms with Crippen LogP contribution >= 0.6 is 27.3 Å². The third kappa shape index (κ3) is 4.68. The summed E-state index contributed by atoms with van der Waals surface area (Å²) in [6.07, 6.45) is 1.67. The average molecular weight is 436 g/mol. The van der Waals surface area contributed by atoms with E-state index < -0.39 is 11.9 Å². The average Bonchev–Trinajstić information content (AvgIpc) is 2.92. The van der Waals surface area contributed by atoms with Gasteiger partial charge in [0, 0.05) is 0 Å². The van der Waals surface area contributed by atoms with Crippen LogP contribution in [0.3, 0.4) is 0 Å². The fraction of sp³-hybridized carbons (Fsp3) is 0.211. The Hall–Kier alpha value is -2.25. The van der Waals surface area contributed by atoms with Crippen molar-refractivity contribution in [1.82, 2.24) is 0 Å². The number of thiophene rings is 1. The van der Waals surface area contributed by atoms with E-state index in [0.29, 0.717) is 19.9 Å². The molecule has 136 valence electrons. The second-order valence-corrected chi connectivity index (χ2v) is 7.27. The number of esters is 1. The SMILES string of the molecule is CCOC(=O)c1c(NC(=O)C(Br)=Cc2ccccc2)sc(C(C)=O)c1C. The topological polar surface area (TPSA) is 72.5 Å². The van der Waals surface area contributed by atoms with Gasteiger partial charge >= 0.3 is 5.97 Å². The van der Waals surface area contributed by atoms with Crippen LogP contribution in [-0.4, -0.2) is 24.3 Å². The summed E-state index contributed by atoms with van der Waals surface area (Å²) >= 11 is 4.32. The zero-order valence-electron chi connectivity index (χ0n) is 14.6.